The van der Waals surface area contributed by atoms with Gasteiger partial charge in [-0.1, -0.05) is 76.2 Å². The molecular weight excluding hydrogens is 633 g/mol. The van der Waals surface area contributed by atoms with Crippen molar-refractivity contribution in [3.8, 4) is 33.6 Å². The predicted molar refractivity (Wildman–Crippen MR) is 198 cm³/mol. The number of nitrogens with zero attached hydrogens (tertiary/aromatic N) is 3. The monoisotopic (exact) mass is 682 g/mol. The number of aromatic nitrogens is 4. The number of carbonyl (C=O) groups excluding carboxylic acids is 2. The molecule has 2 fully saturated rings. The Bertz CT molecular complexity index is 1750. The first-order valence-corrected chi connectivity index (χ1v) is 18.4. The summed E-state index contributed by atoms with van der Waals surface area (Å²) in [7, 11) is 0. The van der Waals surface area contributed by atoms with Crippen LogP contribution in [0.2, 0.25) is 0 Å². The number of hydrogen-bond acceptors (Lipinski definition) is 7. The molecule has 0 aliphatic carbocycles. The Balaban J connectivity index is 1.03. The number of nitrogens with two attached hydrogens (primary N) is 2. The Hall–Kier alpha value is -3.93. The summed E-state index contributed by atoms with van der Waals surface area (Å²) in [5.41, 5.74) is 17.8. The maximum Gasteiger partial charge on any atom is 0.240 e. The molecule has 2 aliphatic heterocycles. The lowest BCUT2D eigenvalue weighted by Gasteiger charge is -2.27. The van der Waals surface area contributed by atoms with Crippen molar-refractivity contribution in [2.24, 2.45) is 23.3 Å². The van der Waals surface area contributed by atoms with E-state index >= 15 is 0 Å². The number of aromatic amines is 2. The Morgan fingerprint density at radius 3 is 2.12 bits per heavy atom. The molecule has 260 valence electrons. The molecule has 4 atom stereocenters. The molecule has 2 aromatic heterocycles. The minimum Gasteiger partial charge on any atom is -0.355 e. The third kappa shape index (κ3) is 7.49. The van der Waals surface area contributed by atoms with E-state index in [9.17, 15) is 9.59 Å². The minimum atomic E-state index is -0.863. The average Bonchev–Trinajstić information content (AvgIpc) is 3.50. The molecule has 10 nitrogen and oxygen atoms in total. The van der Waals surface area contributed by atoms with Crippen molar-refractivity contribution in [2.45, 2.75) is 76.1 Å². The first kappa shape index (κ1) is 34.9. The molecule has 11 heteroatoms. The molecule has 0 saturated carbocycles. The van der Waals surface area contributed by atoms with Crippen molar-refractivity contribution in [3.63, 3.8) is 0 Å². The second kappa shape index (κ2) is 14.1. The number of H-pyrrole nitrogens is 2. The van der Waals surface area contributed by atoms with Gasteiger partial charge in [-0.2, -0.15) is 0 Å². The van der Waals surface area contributed by atoms with Crippen LogP contribution in [-0.2, 0) is 14.3 Å². The van der Waals surface area contributed by atoms with Crippen LogP contribution in [0.25, 0.3) is 33.6 Å². The SMILES string of the molecule is CC(C)[C@H](N)C(=O)N1CCC(c2ncc(-c3ccc(-c4ccc(-c5cnc([C@]6(CCCNC(=O)[C@](C)(N)C(C)C)CS6)[nH]5)cc4)cc3)[nH]2)C1. The third-order valence-corrected chi connectivity index (χ3v) is 11.8. The summed E-state index contributed by atoms with van der Waals surface area (Å²) in [4.78, 5) is 43.6. The van der Waals surface area contributed by atoms with Crippen molar-refractivity contribution >= 4 is 23.6 Å². The molecule has 4 aromatic rings. The summed E-state index contributed by atoms with van der Waals surface area (Å²) in [5, 5.41) is 3.02. The van der Waals surface area contributed by atoms with Gasteiger partial charge in [0.1, 0.15) is 11.6 Å². The number of hydrogen-bond donors (Lipinski definition) is 5. The van der Waals surface area contributed by atoms with E-state index in [2.05, 4.69) is 68.8 Å². The maximum atomic E-state index is 12.7. The largest absolute Gasteiger partial charge is 0.355 e. The van der Waals surface area contributed by atoms with Gasteiger partial charge in [-0.25, -0.2) is 9.97 Å². The fraction of sp³-hybridized carbons (Fsp3) is 0.474. The van der Waals surface area contributed by atoms with Gasteiger partial charge in [0, 0.05) is 31.3 Å². The first-order chi connectivity index (χ1) is 23.4. The van der Waals surface area contributed by atoms with Crippen LogP contribution in [0.3, 0.4) is 0 Å². The van der Waals surface area contributed by atoms with E-state index < -0.39 is 11.6 Å². The highest BCUT2D eigenvalue weighted by molar-refractivity contribution is 8.07. The second-order valence-corrected chi connectivity index (χ2v) is 16.0. The Labute approximate surface area is 293 Å². The Morgan fingerprint density at radius 2 is 1.55 bits per heavy atom. The summed E-state index contributed by atoms with van der Waals surface area (Å²) < 4.78 is -0.0117. The Kier molecular flexibility index (Phi) is 10.1. The summed E-state index contributed by atoms with van der Waals surface area (Å²) in [6.07, 6.45) is 6.50. The molecule has 0 radical (unpaired) electrons. The molecular formula is C38H50N8O2S. The van der Waals surface area contributed by atoms with Crippen LogP contribution < -0.4 is 16.8 Å². The van der Waals surface area contributed by atoms with Gasteiger partial charge in [0.25, 0.3) is 0 Å². The lowest BCUT2D eigenvalue weighted by Crippen LogP contribution is -2.55. The lowest BCUT2D eigenvalue weighted by atomic mass is 9.89. The highest BCUT2D eigenvalue weighted by Crippen LogP contribution is 2.55. The van der Waals surface area contributed by atoms with E-state index in [-0.39, 0.29) is 34.3 Å². The zero-order valence-electron chi connectivity index (χ0n) is 29.3. The number of benzene rings is 2. The molecule has 49 heavy (non-hydrogen) atoms. The molecule has 4 heterocycles. The highest BCUT2D eigenvalue weighted by Gasteiger charge is 2.47. The molecule has 2 amide bonds. The van der Waals surface area contributed by atoms with Crippen molar-refractivity contribution in [1.29, 1.82) is 0 Å². The molecule has 1 unspecified atom stereocenters. The maximum absolute atomic E-state index is 12.7. The van der Waals surface area contributed by atoms with Gasteiger partial charge in [0.2, 0.25) is 11.8 Å². The summed E-state index contributed by atoms with van der Waals surface area (Å²) >= 11 is 1.90. The van der Waals surface area contributed by atoms with E-state index in [0.29, 0.717) is 19.6 Å². The van der Waals surface area contributed by atoms with Gasteiger partial charge < -0.3 is 31.7 Å². The van der Waals surface area contributed by atoms with Crippen LogP contribution in [0.5, 0.6) is 0 Å². The van der Waals surface area contributed by atoms with Crippen LogP contribution in [0.4, 0.5) is 0 Å². The second-order valence-electron chi connectivity index (χ2n) is 14.6. The van der Waals surface area contributed by atoms with Crippen LogP contribution in [-0.4, -0.2) is 73.6 Å². The molecule has 6 rings (SSSR count). The quantitative estimate of drug-likeness (QED) is 0.0901. The van der Waals surface area contributed by atoms with Gasteiger partial charge in [-0.05, 0) is 60.3 Å². The number of likely N-dealkylation sites (tertiary alicyclic amines) is 1. The number of rotatable bonds is 13. The fourth-order valence-electron chi connectivity index (χ4n) is 6.27. The molecule has 2 saturated heterocycles. The zero-order chi connectivity index (χ0) is 34.9. The van der Waals surface area contributed by atoms with E-state index in [1.54, 1.807) is 6.92 Å². The average molecular weight is 683 g/mol. The van der Waals surface area contributed by atoms with Crippen LogP contribution >= 0.6 is 11.8 Å². The molecule has 7 N–H and O–H groups in total. The van der Waals surface area contributed by atoms with E-state index in [0.717, 1.165) is 70.3 Å². The first-order valence-electron chi connectivity index (χ1n) is 17.4. The van der Waals surface area contributed by atoms with Crippen LogP contribution in [0.1, 0.15) is 71.4 Å². The number of thioether (sulfide) groups is 1. The fourth-order valence-corrected chi connectivity index (χ4v) is 7.25. The van der Waals surface area contributed by atoms with Crippen molar-refractivity contribution in [3.05, 3.63) is 72.6 Å². The number of amides is 2. The molecule has 2 aromatic carbocycles. The minimum absolute atomic E-state index is 0.0117. The molecule has 0 spiro atoms. The lowest BCUT2D eigenvalue weighted by molar-refractivity contribution is -0.132. The van der Waals surface area contributed by atoms with Crippen LogP contribution in [0.15, 0.2) is 60.9 Å². The van der Waals surface area contributed by atoms with Gasteiger partial charge in [0.15, 0.2) is 0 Å². The number of carbonyl (C=O) groups is 2. The summed E-state index contributed by atoms with van der Waals surface area (Å²) in [6, 6.07) is 16.6. The van der Waals surface area contributed by atoms with E-state index in [1.165, 1.54) is 0 Å². The Morgan fingerprint density at radius 1 is 0.980 bits per heavy atom. The van der Waals surface area contributed by atoms with Gasteiger partial charge in [-0.3, -0.25) is 9.59 Å². The molecule has 2 aliphatic rings. The topological polar surface area (TPSA) is 159 Å². The summed E-state index contributed by atoms with van der Waals surface area (Å²) in [6.45, 7) is 11.7. The highest BCUT2D eigenvalue weighted by atomic mass is 32.2. The third-order valence-electron chi connectivity index (χ3n) is 10.4. The van der Waals surface area contributed by atoms with Gasteiger partial charge in [0.05, 0.1) is 40.1 Å². The smallest absolute Gasteiger partial charge is 0.240 e. The van der Waals surface area contributed by atoms with Gasteiger partial charge in [-0.15, -0.1) is 11.8 Å². The van der Waals surface area contributed by atoms with Crippen molar-refractivity contribution < 1.29 is 9.59 Å². The van der Waals surface area contributed by atoms with E-state index in [4.69, 9.17) is 16.5 Å². The molecule has 0 bridgehead atoms. The zero-order valence-corrected chi connectivity index (χ0v) is 30.1. The normalized spacial score (nSPS) is 20.8. The number of imidazole rings is 2. The number of nitrogens with one attached hydrogen (secondary N) is 3. The van der Waals surface area contributed by atoms with Crippen molar-refractivity contribution in [1.82, 2.24) is 30.2 Å². The summed E-state index contributed by atoms with van der Waals surface area (Å²) in [5.74, 6) is 3.25. The van der Waals surface area contributed by atoms with Gasteiger partial charge >= 0.3 is 0 Å². The van der Waals surface area contributed by atoms with Crippen molar-refractivity contribution in [2.75, 3.05) is 25.4 Å². The van der Waals surface area contributed by atoms with Crippen LogP contribution in [0, 0.1) is 11.8 Å². The van der Waals surface area contributed by atoms with E-state index in [1.807, 2.05) is 56.8 Å². The standard InChI is InChI=1S/C38H50N8O2S/c1-23(2)32(39)34(47)46-18-15-29(21-46)33-42-19-30(44-33)27-11-7-25(8-12-27)26-9-13-28(14-10-26)31-20-43-35(45-31)38(22-49-38)16-6-17-41-36(48)37(5,40)24(3)4/h7-14,19-20,23-24,29,32H,6,15-18,21-22,39-40H2,1-5H3,(H,41,48)(H,42,44)(H,43,45)/t29?,32-,37+,38-/m0/s1. The predicted octanol–water partition coefficient (Wildman–Crippen LogP) is 5.64.